The number of nitrogen functional groups attached to an aromatic ring is 1. The van der Waals surface area contributed by atoms with Gasteiger partial charge in [-0.2, -0.15) is 13.2 Å². The SMILES string of the molecule is Nc1cc(C2CCC2)ccc1C(=O)C(F)(F)F. The Morgan fingerprint density at radius 3 is 2.35 bits per heavy atom. The highest BCUT2D eigenvalue weighted by molar-refractivity contribution is 6.04. The molecular formula is C12H12F3NO. The molecule has 2 N–H and O–H groups in total. The summed E-state index contributed by atoms with van der Waals surface area (Å²) >= 11 is 0. The largest absolute Gasteiger partial charge is 0.454 e. The molecule has 0 aliphatic heterocycles. The third kappa shape index (κ3) is 2.28. The lowest BCUT2D eigenvalue weighted by molar-refractivity contribution is -0.0884. The van der Waals surface area contributed by atoms with E-state index in [0.717, 1.165) is 24.8 Å². The molecule has 0 radical (unpaired) electrons. The lowest BCUT2D eigenvalue weighted by Crippen LogP contribution is -2.24. The van der Waals surface area contributed by atoms with Crippen LogP contribution >= 0.6 is 0 Å². The predicted octanol–water partition coefficient (Wildman–Crippen LogP) is 3.28. The Balaban J connectivity index is 2.28. The summed E-state index contributed by atoms with van der Waals surface area (Å²) in [5, 5.41) is 0. The average molecular weight is 243 g/mol. The number of carbonyl (C=O) groups is 1. The second-order valence-electron chi connectivity index (χ2n) is 4.30. The van der Waals surface area contributed by atoms with Crippen molar-refractivity contribution in [2.24, 2.45) is 0 Å². The first-order valence-electron chi connectivity index (χ1n) is 5.40. The number of alkyl halides is 3. The lowest BCUT2D eigenvalue weighted by atomic mass is 9.79. The van der Waals surface area contributed by atoms with Crippen LogP contribution in [0, 0.1) is 0 Å². The predicted molar refractivity (Wildman–Crippen MR) is 57.8 cm³/mol. The third-order valence-electron chi connectivity index (χ3n) is 3.15. The second-order valence-corrected chi connectivity index (χ2v) is 4.30. The monoisotopic (exact) mass is 243 g/mol. The van der Waals surface area contributed by atoms with E-state index in [4.69, 9.17) is 5.73 Å². The Hall–Kier alpha value is -1.52. The molecule has 1 aromatic rings. The normalized spacial score (nSPS) is 16.6. The Bertz CT molecular complexity index is 450. The van der Waals surface area contributed by atoms with Crippen LogP contribution in [-0.2, 0) is 0 Å². The van der Waals surface area contributed by atoms with Crippen molar-refractivity contribution in [1.29, 1.82) is 0 Å². The summed E-state index contributed by atoms with van der Waals surface area (Å²) < 4.78 is 36.7. The Kier molecular flexibility index (Phi) is 2.85. The molecule has 0 atom stereocenters. The van der Waals surface area contributed by atoms with Gasteiger partial charge in [-0.3, -0.25) is 4.79 Å². The lowest BCUT2D eigenvalue weighted by Gasteiger charge is -2.26. The molecule has 0 saturated heterocycles. The van der Waals surface area contributed by atoms with Crippen molar-refractivity contribution >= 4 is 11.5 Å². The van der Waals surface area contributed by atoms with Crippen LogP contribution in [0.5, 0.6) is 0 Å². The molecule has 1 saturated carbocycles. The Labute approximate surface area is 96.6 Å². The molecule has 92 valence electrons. The van der Waals surface area contributed by atoms with Gasteiger partial charge in [0, 0.05) is 5.69 Å². The fraction of sp³-hybridized carbons (Fsp3) is 0.417. The van der Waals surface area contributed by atoms with E-state index in [0.29, 0.717) is 5.92 Å². The molecule has 5 heteroatoms. The highest BCUT2D eigenvalue weighted by Crippen LogP contribution is 2.37. The second kappa shape index (κ2) is 4.05. The molecule has 1 fully saturated rings. The molecule has 0 spiro atoms. The van der Waals surface area contributed by atoms with Gasteiger partial charge in [0.15, 0.2) is 0 Å². The molecule has 0 heterocycles. The fourth-order valence-electron chi connectivity index (χ4n) is 1.94. The number of Topliss-reactive ketones (excluding diaryl/α,β-unsaturated/α-hetero) is 1. The number of hydrogen-bond donors (Lipinski definition) is 1. The topological polar surface area (TPSA) is 43.1 Å². The van der Waals surface area contributed by atoms with E-state index in [1.54, 1.807) is 6.07 Å². The smallest absolute Gasteiger partial charge is 0.398 e. The zero-order valence-corrected chi connectivity index (χ0v) is 9.05. The summed E-state index contributed by atoms with van der Waals surface area (Å²) in [4.78, 5) is 11.0. The molecule has 17 heavy (non-hydrogen) atoms. The van der Waals surface area contributed by atoms with Crippen LogP contribution in [0.15, 0.2) is 18.2 Å². The van der Waals surface area contributed by atoms with Crippen LogP contribution in [0.1, 0.15) is 41.1 Å². The quantitative estimate of drug-likeness (QED) is 0.639. The summed E-state index contributed by atoms with van der Waals surface area (Å²) in [6, 6.07) is 4.24. The fourth-order valence-corrected chi connectivity index (χ4v) is 1.94. The molecule has 1 aromatic carbocycles. The van der Waals surface area contributed by atoms with Gasteiger partial charge >= 0.3 is 6.18 Å². The number of hydrogen-bond acceptors (Lipinski definition) is 2. The first-order valence-corrected chi connectivity index (χ1v) is 5.40. The van der Waals surface area contributed by atoms with Crippen LogP contribution in [0.4, 0.5) is 18.9 Å². The molecule has 0 aromatic heterocycles. The number of halogens is 3. The molecular weight excluding hydrogens is 231 g/mol. The molecule has 0 unspecified atom stereocenters. The van der Waals surface area contributed by atoms with Crippen LogP contribution in [0.3, 0.4) is 0 Å². The van der Waals surface area contributed by atoms with Gasteiger partial charge in [0.1, 0.15) is 0 Å². The molecule has 1 aliphatic rings. The van der Waals surface area contributed by atoms with E-state index in [1.807, 2.05) is 0 Å². The van der Waals surface area contributed by atoms with E-state index >= 15 is 0 Å². The number of carbonyl (C=O) groups excluding carboxylic acids is 1. The van der Waals surface area contributed by atoms with E-state index < -0.39 is 17.5 Å². The van der Waals surface area contributed by atoms with Crippen LogP contribution < -0.4 is 5.73 Å². The van der Waals surface area contributed by atoms with Crippen molar-refractivity contribution in [3.05, 3.63) is 29.3 Å². The van der Waals surface area contributed by atoms with Crippen molar-refractivity contribution in [2.75, 3.05) is 5.73 Å². The van der Waals surface area contributed by atoms with Crippen LogP contribution in [0.25, 0.3) is 0 Å². The van der Waals surface area contributed by atoms with Gasteiger partial charge in [-0.15, -0.1) is 0 Å². The maximum atomic E-state index is 12.2. The van der Waals surface area contributed by atoms with Crippen molar-refractivity contribution in [1.82, 2.24) is 0 Å². The third-order valence-corrected chi connectivity index (χ3v) is 3.15. The minimum Gasteiger partial charge on any atom is -0.398 e. The van der Waals surface area contributed by atoms with E-state index in [-0.39, 0.29) is 5.69 Å². The summed E-state index contributed by atoms with van der Waals surface area (Å²) in [6.45, 7) is 0. The number of benzene rings is 1. The highest BCUT2D eigenvalue weighted by atomic mass is 19.4. The van der Waals surface area contributed by atoms with E-state index in [2.05, 4.69) is 0 Å². The maximum Gasteiger partial charge on any atom is 0.454 e. The zero-order valence-electron chi connectivity index (χ0n) is 9.05. The minimum absolute atomic E-state index is 0.0864. The van der Waals surface area contributed by atoms with Gasteiger partial charge in [0.25, 0.3) is 5.78 Å². The van der Waals surface area contributed by atoms with Gasteiger partial charge < -0.3 is 5.73 Å². The molecule has 2 rings (SSSR count). The van der Waals surface area contributed by atoms with Crippen molar-refractivity contribution in [2.45, 2.75) is 31.4 Å². The van der Waals surface area contributed by atoms with Gasteiger partial charge in [0.05, 0.1) is 5.56 Å². The summed E-state index contributed by atoms with van der Waals surface area (Å²) in [6.07, 6.45) is -1.67. The van der Waals surface area contributed by atoms with Crippen molar-refractivity contribution in [3.8, 4) is 0 Å². The van der Waals surface area contributed by atoms with Gasteiger partial charge in [-0.1, -0.05) is 12.5 Å². The van der Waals surface area contributed by atoms with Crippen molar-refractivity contribution in [3.63, 3.8) is 0 Å². The summed E-state index contributed by atoms with van der Waals surface area (Å²) in [7, 11) is 0. The molecule has 1 aliphatic carbocycles. The number of ketones is 1. The van der Waals surface area contributed by atoms with E-state index in [9.17, 15) is 18.0 Å². The van der Waals surface area contributed by atoms with Crippen LogP contribution in [-0.4, -0.2) is 12.0 Å². The first-order chi connectivity index (χ1) is 7.89. The van der Waals surface area contributed by atoms with Crippen molar-refractivity contribution < 1.29 is 18.0 Å². The number of nitrogens with two attached hydrogens (primary N) is 1. The molecule has 0 amide bonds. The standard InChI is InChI=1S/C12H12F3NO/c13-12(14,15)11(17)9-5-4-8(6-10(9)16)7-2-1-3-7/h4-7H,1-3,16H2. The van der Waals surface area contributed by atoms with Gasteiger partial charge in [-0.05, 0) is 36.5 Å². The summed E-state index contributed by atoms with van der Waals surface area (Å²) in [5.41, 5.74) is 5.89. The van der Waals surface area contributed by atoms with Gasteiger partial charge in [0.2, 0.25) is 0 Å². The first kappa shape index (κ1) is 12.0. The van der Waals surface area contributed by atoms with Crippen LogP contribution in [0.2, 0.25) is 0 Å². The highest BCUT2D eigenvalue weighted by Gasteiger charge is 2.40. The minimum atomic E-state index is -4.87. The zero-order chi connectivity index (χ0) is 12.6. The number of rotatable bonds is 2. The average Bonchev–Trinajstić information content (AvgIpc) is 2.12. The van der Waals surface area contributed by atoms with E-state index in [1.165, 1.54) is 12.1 Å². The number of anilines is 1. The van der Waals surface area contributed by atoms with Gasteiger partial charge in [-0.25, -0.2) is 0 Å². The summed E-state index contributed by atoms with van der Waals surface area (Å²) in [5.74, 6) is -1.50. The maximum absolute atomic E-state index is 12.2. The molecule has 0 bridgehead atoms. The Morgan fingerprint density at radius 1 is 1.29 bits per heavy atom. The Morgan fingerprint density at radius 2 is 1.94 bits per heavy atom. The molecule has 2 nitrogen and oxygen atoms in total.